The van der Waals surface area contributed by atoms with Crippen LogP contribution in [0.4, 0.5) is 0 Å². The molecule has 1 unspecified atom stereocenters. The molecule has 2 aromatic rings. The molecule has 2 aromatic carbocycles. The maximum Gasteiger partial charge on any atom is 0.257 e. The predicted octanol–water partition coefficient (Wildman–Crippen LogP) is 3.05. The van der Waals surface area contributed by atoms with Gasteiger partial charge in [0.2, 0.25) is 5.91 Å². The number of benzene rings is 2. The molecule has 6 heteroatoms. The van der Waals surface area contributed by atoms with Gasteiger partial charge < -0.3 is 19.6 Å². The molecule has 1 fully saturated rings. The van der Waals surface area contributed by atoms with Crippen LogP contribution in [-0.4, -0.2) is 53.0 Å². The van der Waals surface area contributed by atoms with Gasteiger partial charge in [-0.1, -0.05) is 43.3 Å². The van der Waals surface area contributed by atoms with E-state index >= 15 is 0 Å². The second-order valence-corrected chi connectivity index (χ2v) is 6.93. The Hall–Kier alpha value is -3.02. The lowest BCUT2D eigenvalue weighted by atomic mass is 10.1. The number of methoxy groups -OCH3 is 1. The molecule has 0 saturated carbocycles. The summed E-state index contributed by atoms with van der Waals surface area (Å²) in [5.41, 5.74) is 1.26. The normalized spacial score (nSPS) is 17.4. The first-order valence-corrected chi connectivity index (χ1v) is 9.53. The molecule has 0 aromatic heterocycles. The SMILES string of the molecule is CCC1CN(C(=O)c2cccc(OC)c2O)CCC(=O)N1Cc1ccccc1. The molecule has 28 heavy (non-hydrogen) atoms. The van der Waals surface area contributed by atoms with E-state index in [1.807, 2.05) is 42.2 Å². The van der Waals surface area contributed by atoms with E-state index in [9.17, 15) is 14.7 Å². The van der Waals surface area contributed by atoms with Crippen LogP contribution in [0.5, 0.6) is 11.5 Å². The van der Waals surface area contributed by atoms with Crippen molar-refractivity contribution >= 4 is 11.8 Å². The lowest BCUT2D eigenvalue weighted by Crippen LogP contribution is -2.43. The van der Waals surface area contributed by atoms with Gasteiger partial charge >= 0.3 is 0 Å². The lowest BCUT2D eigenvalue weighted by molar-refractivity contribution is -0.133. The molecule has 1 aliphatic heterocycles. The Labute approximate surface area is 165 Å². The van der Waals surface area contributed by atoms with Gasteiger partial charge in [0, 0.05) is 32.1 Å². The Morgan fingerprint density at radius 1 is 1.18 bits per heavy atom. The van der Waals surface area contributed by atoms with Crippen LogP contribution in [0.15, 0.2) is 48.5 Å². The fraction of sp³-hybridized carbons (Fsp3) is 0.364. The van der Waals surface area contributed by atoms with Crippen molar-refractivity contribution in [2.45, 2.75) is 32.4 Å². The predicted molar refractivity (Wildman–Crippen MR) is 106 cm³/mol. The molecule has 1 atom stereocenters. The molecule has 1 aliphatic rings. The molecule has 2 amide bonds. The minimum absolute atomic E-state index is 0.0425. The largest absolute Gasteiger partial charge is 0.504 e. The zero-order valence-corrected chi connectivity index (χ0v) is 16.3. The second-order valence-electron chi connectivity index (χ2n) is 6.93. The van der Waals surface area contributed by atoms with E-state index in [0.717, 1.165) is 12.0 Å². The lowest BCUT2D eigenvalue weighted by Gasteiger charge is -2.31. The summed E-state index contributed by atoms with van der Waals surface area (Å²) >= 11 is 0. The van der Waals surface area contributed by atoms with E-state index < -0.39 is 0 Å². The van der Waals surface area contributed by atoms with Gasteiger partial charge in [0.15, 0.2) is 11.5 Å². The summed E-state index contributed by atoms with van der Waals surface area (Å²) in [4.78, 5) is 29.4. The number of carbonyl (C=O) groups is 2. The summed E-state index contributed by atoms with van der Waals surface area (Å²) in [7, 11) is 1.45. The third-order valence-corrected chi connectivity index (χ3v) is 5.19. The van der Waals surface area contributed by atoms with Crippen molar-refractivity contribution in [2.24, 2.45) is 0 Å². The molecule has 148 valence electrons. The highest BCUT2D eigenvalue weighted by molar-refractivity contribution is 5.98. The van der Waals surface area contributed by atoms with Crippen molar-refractivity contribution in [1.82, 2.24) is 9.80 Å². The number of hydrogen-bond acceptors (Lipinski definition) is 4. The number of phenolic OH excluding ortho intramolecular Hbond substituents is 1. The minimum Gasteiger partial charge on any atom is -0.504 e. The van der Waals surface area contributed by atoms with Crippen LogP contribution in [0.25, 0.3) is 0 Å². The number of ether oxygens (including phenoxy) is 1. The Kier molecular flexibility index (Phi) is 6.19. The Balaban J connectivity index is 1.82. The van der Waals surface area contributed by atoms with Gasteiger partial charge in [-0.2, -0.15) is 0 Å². The number of aromatic hydroxyl groups is 1. The third kappa shape index (κ3) is 4.11. The second kappa shape index (κ2) is 8.78. The van der Waals surface area contributed by atoms with Gasteiger partial charge in [0.05, 0.1) is 12.7 Å². The first kappa shape index (κ1) is 19.7. The van der Waals surface area contributed by atoms with E-state index in [0.29, 0.717) is 19.6 Å². The van der Waals surface area contributed by atoms with Crippen LogP contribution < -0.4 is 4.74 Å². The molecule has 0 spiro atoms. The number of rotatable bonds is 5. The molecule has 0 radical (unpaired) electrons. The molecular weight excluding hydrogens is 356 g/mol. The highest BCUT2D eigenvalue weighted by Crippen LogP contribution is 2.31. The average molecular weight is 382 g/mol. The van der Waals surface area contributed by atoms with Gasteiger partial charge in [-0.05, 0) is 24.1 Å². The molecule has 1 heterocycles. The third-order valence-electron chi connectivity index (χ3n) is 5.19. The number of hydrogen-bond donors (Lipinski definition) is 1. The van der Waals surface area contributed by atoms with E-state index in [1.165, 1.54) is 7.11 Å². The monoisotopic (exact) mass is 382 g/mol. The molecule has 0 bridgehead atoms. The summed E-state index contributed by atoms with van der Waals surface area (Å²) in [6.45, 7) is 3.32. The van der Waals surface area contributed by atoms with Gasteiger partial charge in [-0.25, -0.2) is 0 Å². The number of phenols is 1. The topological polar surface area (TPSA) is 70.1 Å². The van der Waals surface area contributed by atoms with Gasteiger partial charge in [0.25, 0.3) is 5.91 Å². The van der Waals surface area contributed by atoms with E-state index in [4.69, 9.17) is 4.74 Å². The summed E-state index contributed by atoms with van der Waals surface area (Å²) in [6.07, 6.45) is 1.01. The molecule has 3 rings (SSSR count). The molecule has 1 saturated heterocycles. The van der Waals surface area contributed by atoms with Crippen molar-refractivity contribution in [2.75, 3.05) is 20.2 Å². The Morgan fingerprint density at radius 3 is 2.61 bits per heavy atom. The van der Waals surface area contributed by atoms with Crippen molar-refractivity contribution in [3.63, 3.8) is 0 Å². The average Bonchev–Trinajstić information content (AvgIpc) is 2.88. The van der Waals surface area contributed by atoms with Crippen molar-refractivity contribution in [3.8, 4) is 11.5 Å². The quantitative estimate of drug-likeness (QED) is 0.863. The first-order chi connectivity index (χ1) is 13.5. The van der Waals surface area contributed by atoms with E-state index in [2.05, 4.69) is 0 Å². The molecule has 0 aliphatic carbocycles. The van der Waals surface area contributed by atoms with Crippen molar-refractivity contribution in [3.05, 3.63) is 59.7 Å². The summed E-state index contributed by atoms with van der Waals surface area (Å²) < 4.78 is 5.11. The molecule has 6 nitrogen and oxygen atoms in total. The summed E-state index contributed by atoms with van der Waals surface area (Å²) in [6, 6.07) is 14.7. The molecule has 1 N–H and O–H groups in total. The zero-order valence-electron chi connectivity index (χ0n) is 16.3. The maximum atomic E-state index is 13.1. The first-order valence-electron chi connectivity index (χ1n) is 9.53. The van der Waals surface area contributed by atoms with Gasteiger partial charge in [-0.15, -0.1) is 0 Å². The van der Waals surface area contributed by atoms with Crippen LogP contribution in [-0.2, 0) is 11.3 Å². The number of nitrogens with zero attached hydrogens (tertiary/aromatic N) is 2. The summed E-state index contributed by atoms with van der Waals surface area (Å²) in [5.74, 6) is -0.153. The highest BCUT2D eigenvalue weighted by Gasteiger charge is 2.32. The van der Waals surface area contributed by atoms with Crippen LogP contribution in [0.3, 0.4) is 0 Å². The molecular formula is C22H26N2O4. The van der Waals surface area contributed by atoms with Crippen molar-refractivity contribution < 1.29 is 19.4 Å². The highest BCUT2D eigenvalue weighted by atomic mass is 16.5. The zero-order chi connectivity index (χ0) is 20.1. The van der Waals surface area contributed by atoms with E-state index in [-0.39, 0.29) is 41.3 Å². The number of carbonyl (C=O) groups excluding carboxylic acids is 2. The standard InChI is InChI=1S/C22H26N2O4/c1-3-17-15-23(22(27)18-10-7-11-19(28-2)21(18)26)13-12-20(25)24(17)14-16-8-5-4-6-9-16/h4-11,17,26H,3,12-15H2,1-2H3. The van der Waals surface area contributed by atoms with Gasteiger partial charge in [-0.3, -0.25) is 9.59 Å². The van der Waals surface area contributed by atoms with Crippen LogP contribution in [0.2, 0.25) is 0 Å². The van der Waals surface area contributed by atoms with Crippen LogP contribution >= 0.6 is 0 Å². The fourth-order valence-corrected chi connectivity index (χ4v) is 3.58. The minimum atomic E-state index is -0.288. The smallest absolute Gasteiger partial charge is 0.257 e. The Morgan fingerprint density at radius 2 is 1.93 bits per heavy atom. The fourth-order valence-electron chi connectivity index (χ4n) is 3.58. The number of amides is 2. The summed E-state index contributed by atoms with van der Waals surface area (Å²) in [5, 5.41) is 10.3. The maximum absolute atomic E-state index is 13.1. The number of para-hydroxylation sites is 1. The van der Waals surface area contributed by atoms with Crippen LogP contribution in [0, 0.1) is 0 Å². The van der Waals surface area contributed by atoms with E-state index in [1.54, 1.807) is 23.1 Å². The van der Waals surface area contributed by atoms with Crippen molar-refractivity contribution in [1.29, 1.82) is 0 Å². The Bertz CT molecular complexity index is 838. The van der Waals surface area contributed by atoms with Gasteiger partial charge in [0.1, 0.15) is 0 Å². The van der Waals surface area contributed by atoms with Crippen LogP contribution in [0.1, 0.15) is 35.7 Å².